The topological polar surface area (TPSA) is 56.8 Å². The minimum atomic E-state index is 0.0423. The molecule has 1 amide bonds. The van der Waals surface area contributed by atoms with Crippen LogP contribution in [0.5, 0.6) is 5.75 Å². The Kier molecular flexibility index (Phi) is 9.27. The molecule has 35 heavy (non-hydrogen) atoms. The Morgan fingerprint density at radius 2 is 1.89 bits per heavy atom. The highest BCUT2D eigenvalue weighted by molar-refractivity contribution is 5.93. The number of likely N-dealkylation sites (tertiary alicyclic amines) is 2. The van der Waals surface area contributed by atoms with E-state index in [0.717, 1.165) is 75.2 Å². The molecule has 0 aromatic heterocycles. The quantitative estimate of drug-likeness (QED) is 0.563. The first-order valence-electron chi connectivity index (χ1n) is 13.5. The van der Waals surface area contributed by atoms with E-state index in [-0.39, 0.29) is 5.91 Å². The molecule has 0 unspecified atom stereocenters. The van der Waals surface area contributed by atoms with Gasteiger partial charge in [-0.2, -0.15) is 0 Å². The number of likely N-dealkylation sites (N-methyl/N-ethyl adjacent to an activating group) is 1. The number of nitrogens with zero attached hydrogens (tertiary/aromatic N) is 2. The minimum Gasteiger partial charge on any atom is -0.496 e. The van der Waals surface area contributed by atoms with Gasteiger partial charge in [-0.25, -0.2) is 0 Å². The van der Waals surface area contributed by atoms with Crippen molar-refractivity contribution < 1.29 is 9.53 Å². The lowest BCUT2D eigenvalue weighted by atomic mass is 9.88. The number of allylic oxidation sites excluding steroid dienone is 2. The Balaban J connectivity index is 1.22. The summed E-state index contributed by atoms with van der Waals surface area (Å²) in [4.78, 5) is 17.0. The van der Waals surface area contributed by atoms with E-state index in [2.05, 4.69) is 51.8 Å². The standard InChI is InChI=1S/C29H44N4O2/c1-30-29(34)25-6-4-8-27(21-25)31-26-13-18-33(19-14-26)15-5-7-24-20-23(9-10-28(24)35-3)22-11-16-32(2)17-12-22/h8-10,20-22,26,31H,4-7,11-19H2,1-3H3,(H,30,34). The van der Waals surface area contributed by atoms with Gasteiger partial charge >= 0.3 is 0 Å². The molecule has 192 valence electrons. The van der Waals surface area contributed by atoms with Crippen molar-refractivity contribution in [2.75, 3.05) is 53.9 Å². The fourth-order valence-corrected chi connectivity index (χ4v) is 5.76. The number of hydrogen-bond donors (Lipinski definition) is 2. The number of carbonyl (C=O) groups is 1. The third kappa shape index (κ3) is 7.11. The Morgan fingerprint density at radius 1 is 1.11 bits per heavy atom. The van der Waals surface area contributed by atoms with E-state index < -0.39 is 0 Å². The summed E-state index contributed by atoms with van der Waals surface area (Å²) >= 11 is 0. The van der Waals surface area contributed by atoms with Gasteiger partial charge in [0.1, 0.15) is 5.75 Å². The van der Waals surface area contributed by atoms with Crippen LogP contribution in [0.2, 0.25) is 0 Å². The molecule has 2 heterocycles. The van der Waals surface area contributed by atoms with E-state index in [1.165, 1.54) is 37.1 Å². The molecule has 1 aromatic carbocycles. The molecule has 6 nitrogen and oxygen atoms in total. The summed E-state index contributed by atoms with van der Waals surface area (Å²) in [6.07, 6.45) is 13.1. The van der Waals surface area contributed by atoms with Crippen LogP contribution in [-0.4, -0.2) is 75.7 Å². The SMILES string of the molecule is CNC(=O)C1=CC(NC2CCN(CCCc3cc(C4CCN(C)CC4)ccc3OC)CC2)=CCC1. The molecule has 2 fully saturated rings. The first-order chi connectivity index (χ1) is 17.1. The number of rotatable bonds is 9. The maximum atomic E-state index is 12.0. The second-order valence-corrected chi connectivity index (χ2v) is 10.5. The van der Waals surface area contributed by atoms with Crippen molar-refractivity contribution in [3.8, 4) is 5.75 Å². The van der Waals surface area contributed by atoms with Crippen LogP contribution in [0.3, 0.4) is 0 Å². The van der Waals surface area contributed by atoms with Crippen LogP contribution in [-0.2, 0) is 11.2 Å². The van der Waals surface area contributed by atoms with E-state index >= 15 is 0 Å². The summed E-state index contributed by atoms with van der Waals surface area (Å²) in [5.74, 6) is 1.76. The summed E-state index contributed by atoms with van der Waals surface area (Å²) in [6.45, 7) is 5.78. The fraction of sp³-hybridized carbons (Fsp3) is 0.621. The molecule has 3 aliphatic rings. The normalized spacial score (nSPS) is 20.8. The first-order valence-corrected chi connectivity index (χ1v) is 13.5. The lowest BCUT2D eigenvalue weighted by molar-refractivity contribution is -0.117. The van der Waals surface area contributed by atoms with Gasteiger partial charge in [-0.3, -0.25) is 4.79 Å². The van der Waals surface area contributed by atoms with Gasteiger partial charge in [0.15, 0.2) is 0 Å². The first kappa shape index (κ1) is 25.8. The summed E-state index contributed by atoms with van der Waals surface area (Å²) < 4.78 is 5.70. The molecular weight excluding hydrogens is 436 g/mol. The van der Waals surface area contributed by atoms with Crippen molar-refractivity contribution in [1.29, 1.82) is 0 Å². The molecule has 6 heteroatoms. The Labute approximate surface area is 211 Å². The zero-order valence-electron chi connectivity index (χ0n) is 21.9. The average Bonchev–Trinajstić information content (AvgIpc) is 2.90. The summed E-state index contributed by atoms with van der Waals surface area (Å²) in [6, 6.07) is 7.38. The second-order valence-electron chi connectivity index (χ2n) is 10.5. The summed E-state index contributed by atoms with van der Waals surface area (Å²) in [5.41, 5.74) is 4.85. The van der Waals surface area contributed by atoms with E-state index in [4.69, 9.17) is 4.74 Å². The number of benzene rings is 1. The van der Waals surface area contributed by atoms with Crippen molar-refractivity contribution in [2.24, 2.45) is 0 Å². The van der Waals surface area contributed by atoms with Gasteiger partial charge in [-0.15, -0.1) is 0 Å². The third-order valence-electron chi connectivity index (χ3n) is 8.00. The van der Waals surface area contributed by atoms with Crippen LogP contribution >= 0.6 is 0 Å². The van der Waals surface area contributed by atoms with Gasteiger partial charge < -0.3 is 25.2 Å². The molecule has 2 N–H and O–H groups in total. The van der Waals surface area contributed by atoms with Gasteiger partial charge in [0.2, 0.25) is 5.91 Å². The minimum absolute atomic E-state index is 0.0423. The van der Waals surface area contributed by atoms with E-state index in [9.17, 15) is 4.79 Å². The second kappa shape index (κ2) is 12.6. The summed E-state index contributed by atoms with van der Waals surface area (Å²) in [5, 5.41) is 6.43. The van der Waals surface area contributed by atoms with Crippen molar-refractivity contribution in [3.63, 3.8) is 0 Å². The molecule has 0 spiro atoms. The monoisotopic (exact) mass is 480 g/mol. The third-order valence-corrected chi connectivity index (χ3v) is 8.00. The Bertz CT molecular complexity index is 909. The van der Waals surface area contributed by atoms with Crippen LogP contribution in [0.15, 0.2) is 41.6 Å². The number of hydrogen-bond acceptors (Lipinski definition) is 5. The number of aryl methyl sites for hydroxylation is 1. The lowest BCUT2D eigenvalue weighted by Gasteiger charge is -2.33. The maximum Gasteiger partial charge on any atom is 0.247 e. The van der Waals surface area contributed by atoms with Gasteiger partial charge in [-0.05, 0) is 107 Å². The average molecular weight is 481 g/mol. The van der Waals surface area contributed by atoms with Crippen molar-refractivity contribution in [3.05, 3.63) is 52.7 Å². The lowest BCUT2D eigenvalue weighted by Crippen LogP contribution is -2.42. The zero-order chi connectivity index (χ0) is 24.6. The van der Waals surface area contributed by atoms with Crippen LogP contribution in [0.4, 0.5) is 0 Å². The smallest absolute Gasteiger partial charge is 0.247 e. The predicted octanol–water partition coefficient (Wildman–Crippen LogP) is 3.84. The number of nitrogens with one attached hydrogen (secondary N) is 2. The number of piperidine rings is 2. The number of amides is 1. The van der Waals surface area contributed by atoms with Crippen molar-refractivity contribution in [1.82, 2.24) is 20.4 Å². The highest BCUT2D eigenvalue weighted by atomic mass is 16.5. The van der Waals surface area contributed by atoms with Gasteiger partial charge in [0.05, 0.1) is 7.11 Å². The summed E-state index contributed by atoms with van der Waals surface area (Å²) in [7, 11) is 5.72. The van der Waals surface area contributed by atoms with Gasteiger partial charge in [0.25, 0.3) is 0 Å². The van der Waals surface area contributed by atoms with Gasteiger partial charge in [-0.1, -0.05) is 18.2 Å². The molecule has 1 aromatic rings. The number of methoxy groups -OCH3 is 1. The molecule has 1 aliphatic carbocycles. The maximum absolute atomic E-state index is 12.0. The Morgan fingerprint density at radius 3 is 2.60 bits per heavy atom. The van der Waals surface area contributed by atoms with Crippen molar-refractivity contribution >= 4 is 5.91 Å². The number of ether oxygens (including phenoxy) is 1. The highest BCUT2D eigenvalue weighted by Crippen LogP contribution is 2.31. The van der Waals surface area contributed by atoms with Crippen LogP contribution < -0.4 is 15.4 Å². The van der Waals surface area contributed by atoms with E-state index in [1.807, 2.05) is 6.08 Å². The van der Waals surface area contributed by atoms with E-state index in [1.54, 1.807) is 14.2 Å². The molecule has 2 aliphatic heterocycles. The largest absolute Gasteiger partial charge is 0.496 e. The zero-order valence-corrected chi connectivity index (χ0v) is 21.9. The molecule has 0 saturated carbocycles. The predicted molar refractivity (Wildman–Crippen MR) is 143 cm³/mol. The van der Waals surface area contributed by atoms with Crippen LogP contribution in [0.1, 0.15) is 62.0 Å². The van der Waals surface area contributed by atoms with E-state index in [0.29, 0.717) is 12.0 Å². The molecule has 0 radical (unpaired) electrons. The van der Waals surface area contributed by atoms with Crippen LogP contribution in [0.25, 0.3) is 0 Å². The fourth-order valence-electron chi connectivity index (χ4n) is 5.76. The van der Waals surface area contributed by atoms with Gasteiger partial charge in [0, 0.05) is 37.4 Å². The number of carbonyl (C=O) groups excluding carboxylic acids is 1. The van der Waals surface area contributed by atoms with Crippen molar-refractivity contribution in [2.45, 2.75) is 63.3 Å². The molecule has 4 rings (SSSR count). The highest BCUT2D eigenvalue weighted by Gasteiger charge is 2.22. The molecule has 2 saturated heterocycles. The molecular formula is C29H44N4O2. The molecule has 0 bridgehead atoms. The van der Waals surface area contributed by atoms with Crippen LogP contribution in [0, 0.1) is 0 Å². The molecule has 0 atom stereocenters. The Hall–Kier alpha value is -2.31.